The standard InChI is InChI=1S/C14H14F3N3O3.C6H4Cl2S/c15-8-3-7(4-9(16)13(8)17)10-5-20(19-18-10)11-1-2-23-12(6-21)14(11)22;7-5-2-1-4(9)3-6(5)8/h3-5,11-12,14,21-22H,1-2,6H2;1-3,9H. The fraction of sp³-hybridized carbons (Fsp3) is 0.300. The maximum atomic E-state index is 13.3. The van der Waals surface area contributed by atoms with E-state index < -0.39 is 35.7 Å². The van der Waals surface area contributed by atoms with Crippen LogP contribution in [0.4, 0.5) is 13.2 Å². The topological polar surface area (TPSA) is 80.4 Å². The van der Waals surface area contributed by atoms with E-state index in [2.05, 4.69) is 22.9 Å². The first-order valence-corrected chi connectivity index (χ1v) is 10.5. The van der Waals surface area contributed by atoms with Crippen molar-refractivity contribution in [1.82, 2.24) is 15.0 Å². The second kappa shape index (κ2) is 10.9. The number of hydrogen-bond donors (Lipinski definition) is 3. The molecule has 3 aromatic rings. The predicted molar refractivity (Wildman–Crippen MR) is 116 cm³/mol. The fourth-order valence-corrected chi connectivity index (χ4v) is 3.64. The fourth-order valence-electron chi connectivity index (χ4n) is 3.07. The van der Waals surface area contributed by atoms with Crippen LogP contribution in [0.15, 0.2) is 41.4 Å². The molecule has 172 valence electrons. The molecule has 0 spiro atoms. The molecule has 0 saturated carbocycles. The third-order valence-electron chi connectivity index (χ3n) is 4.73. The van der Waals surface area contributed by atoms with Gasteiger partial charge in [-0.15, -0.1) is 17.7 Å². The van der Waals surface area contributed by atoms with Crippen LogP contribution in [0.1, 0.15) is 12.5 Å². The van der Waals surface area contributed by atoms with E-state index >= 15 is 0 Å². The zero-order valence-electron chi connectivity index (χ0n) is 16.3. The molecule has 1 aliphatic rings. The summed E-state index contributed by atoms with van der Waals surface area (Å²) in [6, 6.07) is 6.36. The van der Waals surface area contributed by atoms with E-state index in [1.165, 1.54) is 10.9 Å². The Balaban J connectivity index is 0.000000269. The van der Waals surface area contributed by atoms with Gasteiger partial charge in [-0.05, 0) is 36.8 Å². The van der Waals surface area contributed by atoms with Crippen LogP contribution in [0, 0.1) is 17.5 Å². The number of hydrogen-bond acceptors (Lipinski definition) is 6. The molecule has 12 heteroatoms. The average Bonchev–Trinajstić information content (AvgIpc) is 3.25. The third-order valence-corrected chi connectivity index (χ3v) is 5.75. The monoisotopic (exact) mass is 507 g/mol. The Morgan fingerprint density at radius 1 is 1.12 bits per heavy atom. The molecule has 3 atom stereocenters. The van der Waals surface area contributed by atoms with Crippen LogP contribution in [-0.2, 0) is 4.74 Å². The van der Waals surface area contributed by atoms with Crippen molar-refractivity contribution in [3.05, 3.63) is 64.0 Å². The lowest BCUT2D eigenvalue weighted by Gasteiger charge is -2.33. The Labute approximate surface area is 196 Å². The summed E-state index contributed by atoms with van der Waals surface area (Å²) in [5.74, 6) is -4.19. The highest BCUT2D eigenvalue weighted by Gasteiger charge is 2.34. The Morgan fingerprint density at radius 2 is 1.81 bits per heavy atom. The van der Waals surface area contributed by atoms with Crippen molar-refractivity contribution >= 4 is 35.8 Å². The smallest absolute Gasteiger partial charge is 0.194 e. The van der Waals surface area contributed by atoms with Crippen LogP contribution in [0.5, 0.6) is 0 Å². The number of aliphatic hydroxyl groups excluding tert-OH is 2. The molecule has 1 saturated heterocycles. The summed E-state index contributed by atoms with van der Waals surface area (Å²) in [6.07, 6.45) is 0.110. The summed E-state index contributed by atoms with van der Waals surface area (Å²) in [5, 5.41) is 28.1. The van der Waals surface area contributed by atoms with Crippen molar-refractivity contribution < 1.29 is 28.1 Å². The summed E-state index contributed by atoms with van der Waals surface area (Å²) in [5.41, 5.74) is 0.176. The molecule has 6 nitrogen and oxygen atoms in total. The Bertz CT molecular complexity index is 1070. The number of nitrogens with zero attached hydrogens (tertiary/aromatic N) is 3. The number of thiol groups is 1. The summed E-state index contributed by atoms with van der Waals surface area (Å²) >= 11 is 15.3. The van der Waals surface area contributed by atoms with Crippen LogP contribution in [0.3, 0.4) is 0 Å². The maximum Gasteiger partial charge on any atom is 0.194 e. The van der Waals surface area contributed by atoms with Gasteiger partial charge in [0.2, 0.25) is 0 Å². The van der Waals surface area contributed by atoms with Gasteiger partial charge < -0.3 is 14.9 Å². The largest absolute Gasteiger partial charge is 0.394 e. The molecule has 0 radical (unpaired) electrons. The first-order valence-electron chi connectivity index (χ1n) is 9.32. The van der Waals surface area contributed by atoms with E-state index in [4.69, 9.17) is 33.0 Å². The SMILES string of the molecule is OCC1OCCC(n2cc(-c3cc(F)c(F)c(F)c3)nn2)C1O.Sc1ccc(Cl)c(Cl)c1. The van der Waals surface area contributed by atoms with E-state index in [1.807, 2.05) is 0 Å². The van der Waals surface area contributed by atoms with Gasteiger partial charge in [0.25, 0.3) is 0 Å². The lowest BCUT2D eigenvalue weighted by Crippen LogP contribution is -2.44. The van der Waals surface area contributed by atoms with Crippen LogP contribution < -0.4 is 0 Å². The van der Waals surface area contributed by atoms with Gasteiger partial charge in [-0.3, -0.25) is 0 Å². The van der Waals surface area contributed by atoms with Gasteiger partial charge in [0.1, 0.15) is 17.9 Å². The molecular formula is C20H18Cl2F3N3O3S. The Kier molecular flexibility index (Phi) is 8.43. The summed E-state index contributed by atoms with van der Waals surface area (Å²) in [4.78, 5) is 0.824. The van der Waals surface area contributed by atoms with Crippen molar-refractivity contribution in [3.8, 4) is 11.3 Å². The van der Waals surface area contributed by atoms with Crippen LogP contribution in [-0.4, -0.2) is 50.6 Å². The molecule has 1 aliphatic heterocycles. The highest BCUT2D eigenvalue weighted by Crippen LogP contribution is 2.28. The second-order valence-corrected chi connectivity index (χ2v) is 8.21. The minimum Gasteiger partial charge on any atom is -0.394 e. The molecule has 4 rings (SSSR count). The van der Waals surface area contributed by atoms with Crippen molar-refractivity contribution in [2.75, 3.05) is 13.2 Å². The molecule has 0 amide bonds. The van der Waals surface area contributed by atoms with Gasteiger partial charge >= 0.3 is 0 Å². The molecular weight excluding hydrogens is 490 g/mol. The lowest BCUT2D eigenvalue weighted by atomic mass is 10.0. The van der Waals surface area contributed by atoms with Crippen molar-refractivity contribution in [2.45, 2.75) is 29.6 Å². The van der Waals surface area contributed by atoms with Crippen LogP contribution >= 0.6 is 35.8 Å². The molecule has 1 aromatic heterocycles. The number of halogens is 5. The van der Waals surface area contributed by atoms with Crippen molar-refractivity contribution in [2.24, 2.45) is 0 Å². The van der Waals surface area contributed by atoms with Crippen molar-refractivity contribution in [1.29, 1.82) is 0 Å². The number of benzene rings is 2. The minimum atomic E-state index is -1.55. The number of aliphatic hydroxyl groups is 2. The van der Waals surface area contributed by atoms with Crippen LogP contribution in [0.25, 0.3) is 11.3 Å². The molecule has 3 unspecified atom stereocenters. The third kappa shape index (κ3) is 5.75. The minimum absolute atomic E-state index is 0.0351. The van der Waals surface area contributed by atoms with E-state index in [1.54, 1.807) is 18.2 Å². The predicted octanol–water partition coefficient (Wildman–Crippen LogP) is 4.33. The summed E-state index contributed by atoms with van der Waals surface area (Å²) in [7, 11) is 0. The average molecular weight is 508 g/mol. The highest BCUT2D eigenvalue weighted by molar-refractivity contribution is 7.80. The molecule has 0 aliphatic carbocycles. The van der Waals surface area contributed by atoms with Crippen LogP contribution in [0.2, 0.25) is 10.0 Å². The van der Waals surface area contributed by atoms with E-state index in [-0.39, 0.29) is 17.9 Å². The van der Waals surface area contributed by atoms with Gasteiger partial charge in [0.15, 0.2) is 17.5 Å². The van der Waals surface area contributed by atoms with E-state index in [0.29, 0.717) is 23.1 Å². The number of rotatable bonds is 3. The van der Waals surface area contributed by atoms with Gasteiger partial charge in [-0.1, -0.05) is 28.4 Å². The van der Waals surface area contributed by atoms with E-state index in [9.17, 15) is 18.3 Å². The number of aromatic nitrogens is 3. The lowest BCUT2D eigenvalue weighted by molar-refractivity contribution is -0.120. The first-order chi connectivity index (χ1) is 15.2. The molecule has 32 heavy (non-hydrogen) atoms. The highest BCUT2D eigenvalue weighted by atomic mass is 35.5. The molecule has 2 N–H and O–H groups in total. The zero-order valence-corrected chi connectivity index (χ0v) is 18.7. The Hall–Kier alpha value is -1.82. The van der Waals surface area contributed by atoms with Gasteiger partial charge in [0.05, 0.1) is 28.9 Å². The van der Waals surface area contributed by atoms with Gasteiger partial charge in [0, 0.05) is 17.1 Å². The Morgan fingerprint density at radius 3 is 2.41 bits per heavy atom. The quantitative estimate of drug-likeness (QED) is 0.363. The van der Waals surface area contributed by atoms with E-state index in [0.717, 1.165) is 17.0 Å². The second-order valence-electron chi connectivity index (χ2n) is 6.87. The van der Waals surface area contributed by atoms with Gasteiger partial charge in [-0.25, -0.2) is 17.9 Å². The summed E-state index contributed by atoms with van der Waals surface area (Å²) in [6.45, 7) is -0.0183. The normalized spacial score (nSPS) is 20.6. The number of ether oxygens (including phenoxy) is 1. The molecule has 1 fully saturated rings. The molecule has 0 bridgehead atoms. The van der Waals surface area contributed by atoms with Gasteiger partial charge in [-0.2, -0.15) is 0 Å². The maximum absolute atomic E-state index is 13.3. The molecule has 2 aromatic carbocycles. The van der Waals surface area contributed by atoms with Crippen molar-refractivity contribution in [3.63, 3.8) is 0 Å². The zero-order chi connectivity index (χ0) is 23.4. The summed E-state index contributed by atoms with van der Waals surface area (Å²) < 4.78 is 46.2. The first kappa shape index (κ1) is 24.8. The molecule has 2 heterocycles.